The fourth-order valence-corrected chi connectivity index (χ4v) is 4.45. The molecular weight excluding hydrogens is 434 g/mol. The summed E-state index contributed by atoms with van der Waals surface area (Å²) >= 11 is 0. The Morgan fingerprint density at radius 3 is 2.41 bits per heavy atom. The molecule has 0 saturated carbocycles. The van der Waals surface area contributed by atoms with E-state index in [-0.39, 0.29) is 6.03 Å². The first-order valence-corrected chi connectivity index (χ1v) is 11.6. The lowest BCUT2D eigenvalue weighted by Gasteiger charge is -2.31. The fraction of sp³-hybridized carbons (Fsp3) is 0.423. The Kier molecular flexibility index (Phi) is 7.80. The van der Waals surface area contributed by atoms with Gasteiger partial charge < -0.3 is 29.2 Å². The molecule has 8 nitrogen and oxygen atoms in total. The molecule has 2 heterocycles. The highest BCUT2D eigenvalue weighted by Gasteiger charge is 2.21. The summed E-state index contributed by atoms with van der Waals surface area (Å²) in [6, 6.07) is 13.4. The predicted octanol–water partition coefficient (Wildman–Crippen LogP) is 4.02. The third kappa shape index (κ3) is 5.22. The number of hydrogen-bond acceptors (Lipinski definition) is 6. The van der Waals surface area contributed by atoms with Crippen molar-refractivity contribution in [3.63, 3.8) is 0 Å². The molecular formula is C26H33N3O5. The maximum absolute atomic E-state index is 12.9. The lowest BCUT2D eigenvalue weighted by Crippen LogP contribution is -2.41. The van der Waals surface area contributed by atoms with E-state index >= 15 is 0 Å². The van der Waals surface area contributed by atoms with Crippen molar-refractivity contribution in [2.45, 2.75) is 12.8 Å². The van der Waals surface area contributed by atoms with E-state index in [4.69, 9.17) is 18.9 Å². The van der Waals surface area contributed by atoms with Crippen LogP contribution in [0.15, 0.2) is 48.7 Å². The van der Waals surface area contributed by atoms with Crippen LogP contribution in [0.3, 0.4) is 0 Å². The number of rotatable bonds is 9. The molecule has 1 saturated heterocycles. The predicted molar refractivity (Wildman–Crippen MR) is 131 cm³/mol. The largest absolute Gasteiger partial charge is 0.493 e. The number of methoxy groups -OCH3 is 3. The molecule has 3 aromatic rings. The summed E-state index contributed by atoms with van der Waals surface area (Å²) in [4.78, 5) is 15.3. The van der Waals surface area contributed by atoms with Crippen LogP contribution in [0.4, 0.5) is 4.79 Å². The summed E-state index contributed by atoms with van der Waals surface area (Å²) in [6.45, 7) is 4.18. The SMILES string of the molecule is COc1cc2c(ccn2C(=O)NCCN2CCC(COc3ccccc3)CC2)c(OC)c1OC. The summed E-state index contributed by atoms with van der Waals surface area (Å²) < 4.78 is 23.9. The van der Waals surface area contributed by atoms with E-state index < -0.39 is 0 Å². The zero-order chi connectivity index (χ0) is 23.9. The van der Waals surface area contributed by atoms with Gasteiger partial charge in [0.05, 0.1) is 33.5 Å². The minimum Gasteiger partial charge on any atom is -0.493 e. The zero-order valence-corrected chi connectivity index (χ0v) is 20.1. The highest BCUT2D eigenvalue weighted by atomic mass is 16.5. The Balaban J connectivity index is 1.27. The van der Waals surface area contributed by atoms with Gasteiger partial charge in [0.2, 0.25) is 5.75 Å². The Morgan fingerprint density at radius 1 is 1.00 bits per heavy atom. The molecule has 0 aliphatic carbocycles. The number of nitrogens with zero attached hydrogens (tertiary/aromatic N) is 2. The van der Waals surface area contributed by atoms with Gasteiger partial charge in [-0.15, -0.1) is 0 Å². The number of hydrogen-bond donors (Lipinski definition) is 1. The van der Waals surface area contributed by atoms with Gasteiger partial charge in [-0.05, 0) is 50.0 Å². The van der Waals surface area contributed by atoms with Gasteiger partial charge in [-0.1, -0.05) is 18.2 Å². The molecule has 1 N–H and O–H groups in total. The summed E-state index contributed by atoms with van der Waals surface area (Å²) in [7, 11) is 4.70. The van der Waals surface area contributed by atoms with E-state index in [0.717, 1.165) is 50.2 Å². The minimum absolute atomic E-state index is 0.185. The number of nitrogens with one attached hydrogen (secondary N) is 1. The second-order valence-corrected chi connectivity index (χ2v) is 8.40. The molecule has 182 valence electrons. The Hall–Kier alpha value is -3.39. The third-order valence-electron chi connectivity index (χ3n) is 6.36. The van der Waals surface area contributed by atoms with Crippen molar-refractivity contribution in [2.24, 2.45) is 5.92 Å². The molecule has 1 amide bonds. The molecule has 1 fully saturated rings. The van der Waals surface area contributed by atoms with Crippen molar-refractivity contribution < 1.29 is 23.7 Å². The first-order chi connectivity index (χ1) is 16.6. The standard InChI is InChI=1S/C26H33N3O5/c1-31-23-17-22-21(24(32-2)25(23)33-3)11-15-29(22)26(30)27-12-16-28-13-9-19(10-14-28)18-34-20-7-5-4-6-8-20/h4-8,11,15,17,19H,9-10,12-14,16,18H2,1-3H3,(H,27,30). The minimum atomic E-state index is -0.185. The van der Waals surface area contributed by atoms with Gasteiger partial charge in [-0.3, -0.25) is 4.57 Å². The van der Waals surface area contributed by atoms with E-state index in [0.29, 0.717) is 35.2 Å². The number of amides is 1. The van der Waals surface area contributed by atoms with E-state index in [1.54, 1.807) is 38.2 Å². The molecule has 1 aliphatic rings. The van der Waals surface area contributed by atoms with Gasteiger partial charge in [-0.2, -0.15) is 0 Å². The maximum Gasteiger partial charge on any atom is 0.326 e. The molecule has 0 radical (unpaired) electrons. The summed E-state index contributed by atoms with van der Waals surface area (Å²) in [6.07, 6.45) is 3.94. The van der Waals surface area contributed by atoms with Gasteiger partial charge in [0.25, 0.3) is 0 Å². The van der Waals surface area contributed by atoms with Gasteiger partial charge in [0.1, 0.15) is 5.75 Å². The zero-order valence-electron chi connectivity index (χ0n) is 20.1. The van der Waals surface area contributed by atoms with Crippen molar-refractivity contribution in [3.8, 4) is 23.0 Å². The van der Waals surface area contributed by atoms with Crippen LogP contribution < -0.4 is 24.3 Å². The molecule has 1 aromatic heterocycles. The molecule has 0 spiro atoms. The number of fused-ring (bicyclic) bond motifs is 1. The van der Waals surface area contributed by atoms with Crippen LogP contribution >= 0.6 is 0 Å². The summed E-state index contributed by atoms with van der Waals surface area (Å²) in [5.41, 5.74) is 0.700. The number of benzene rings is 2. The molecule has 2 aromatic carbocycles. The lowest BCUT2D eigenvalue weighted by atomic mass is 9.98. The Morgan fingerprint density at radius 2 is 1.74 bits per heavy atom. The molecule has 1 aliphatic heterocycles. The van der Waals surface area contributed by atoms with Crippen molar-refractivity contribution >= 4 is 16.9 Å². The third-order valence-corrected chi connectivity index (χ3v) is 6.36. The van der Waals surface area contributed by atoms with E-state index in [1.807, 2.05) is 36.4 Å². The number of ether oxygens (including phenoxy) is 4. The average Bonchev–Trinajstić information content (AvgIpc) is 3.31. The highest BCUT2D eigenvalue weighted by Crippen LogP contribution is 2.43. The lowest BCUT2D eigenvalue weighted by molar-refractivity contribution is 0.142. The summed E-state index contributed by atoms with van der Waals surface area (Å²) in [5, 5.41) is 3.82. The van der Waals surface area contributed by atoms with E-state index in [9.17, 15) is 4.79 Å². The van der Waals surface area contributed by atoms with Gasteiger partial charge in [0.15, 0.2) is 11.5 Å². The number of para-hydroxylation sites is 1. The normalized spacial score (nSPS) is 14.7. The molecule has 34 heavy (non-hydrogen) atoms. The van der Waals surface area contributed by atoms with Crippen LogP contribution in [-0.2, 0) is 0 Å². The smallest absolute Gasteiger partial charge is 0.326 e. The second-order valence-electron chi connectivity index (χ2n) is 8.40. The van der Waals surface area contributed by atoms with E-state index in [1.165, 1.54) is 0 Å². The second kappa shape index (κ2) is 11.2. The van der Waals surface area contributed by atoms with Crippen LogP contribution in [-0.4, -0.2) is 69.6 Å². The number of carbonyl (C=O) groups is 1. The van der Waals surface area contributed by atoms with Crippen LogP contribution in [0.1, 0.15) is 12.8 Å². The first kappa shape index (κ1) is 23.8. The van der Waals surface area contributed by atoms with Crippen molar-refractivity contribution in [2.75, 3.05) is 54.1 Å². The molecule has 4 rings (SSSR count). The van der Waals surface area contributed by atoms with Gasteiger partial charge >= 0.3 is 6.03 Å². The van der Waals surface area contributed by atoms with Gasteiger partial charge in [0, 0.05) is 30.7 Å². The Bertz CT molecular complexity index is 1090. The van der Waals surface area contributed by atoms with Crippen LogP contribution in [0.5, 0.6) is 23.0 Å². The van der Waals surface area contributed by atoms with E-state index in [2.05, 4.69) is 10.2 Å². The molecule has 0 bridgehead atoms. The molecule has 0 unspecified atom stereocenters. The highest BCUT2D eigenvalue weighted by molar-refractivity contribution is 5.97. The number of piperidine rings is 1. The van der Waals surface area contributed by atoms with Crippen LogP contribution in [0.25, 0.3) is 10.9 Å². The van der Waals surface area contributed by atoms with Crippen molar-refractivity contribution in [1.29, 1.82) is 0 Å². The fourth-order valence-electron chi connectivity index (χ4n) is 4.45. The molecule has 0 atom stereocenters. The Labute approximate surface area is 200 Å². The quantitative estimate of drug-likeness (QED) is 0.513. The van der Waals surface area contributed by atoms with Crippen LogP contribution in [0, 0.1) is 5.92 Å². The first-order valence-electron chi connectivity index (χ1n) is 11.6. The summed E-state index contributed by atoms with van der Waals surface area (Å²) in [5.74, 6) is 3.06. The van der Waals surface area contributed by atoms with Crippen LogP contribution in [0.2, 0.25) is 0 Å². The molecule has 8 heteroatoms. The number of aromatic nitrogens is 1. The number of carbonyl (C=O) groups excluding carboxylic acids is 1. The maximum atomic E-state index is 12.9. The monoisotopic (exact) mass is 467 g/mol. The number of likely N-dealkylation sites (tertiary alicyclic amines) is 1. The van der Waals surface area contributed by atoms with Crippen molar-refractivity contribution in [1.82, 2.24) is 14.8 Å². The van der Waals surface area contributed by atoms with Crippen molar-refractivity contribution in [3.05, 3.63) is 48.7 Å². The average molecular weight is 468 g/mol. The topological polar surface area (TPSA) is 74.2 Å². The van der Waals surface area contributed by atoms with Gasteiger partial charge in [-0.25, -0.2) is 4.79 Å².